The van der Waals surface area contributed by atoms with Crippen LogP contribution in [0.3, 0.4) is 0 Å². The number of halogens is 2. The average Bonchev–Trinajstić information content (AvgIpc) is 3.10. The van der Waals surface area contributed by atoms with Crippen molar-refractivity contribution in [2.45, 2.75) is 19.6 Å². The van der Waals surface area contributed by atoms with Crippen LogP contribution in [0.25, 0.3) is 11.5 Å². The molecule has 0 unspecified atom stereocenters. The van der Waals surface area contributed by atoms with Gasteiger partial charge in [0.15, 0.2) is 0 Å². The minimum atomic E-state index is -2.92. The third-order valence-corrected chi connectivity index (χ3v) is 3.58. The molecule has 0 aliphatic heterocycles. The third kappa shape index (κ3) is 4.66. The van der Waals surface area contributed by atoms with Crippen LogP contribution in [0.5, 0.6) is 5.75 Å². The molecule has 1 amide bonds. The molecule has 5 nitrogen and oxygen atoms in total. The molecule has 1 heterocycles. The fraction of sp³-hybridized carbons (Fsp3) is 0.158. The number of hydrogen-bond donors (Lipinski definition) is 1. The van der Waals surface area contributed by atoms with E-state index in [1.807, 2.05) is 30.3 Å². The largest absolute Gasteiger partial charge is 0.444 e. The minimum Gasteiger partial charge on any atom is -0.444 e. The highest BCUT2D eigenvalue weighted by molar-refractivity contribution is 5.78. The van der Waals surface area contributed by atoms with Crippen LogP contribution in [-0.2, 0) is 17.8 Å². The van der Waals surface area contributed by atoms with Crippen LogP contribution in [0.4, 0.5) is 8.78 Å². The predicted octanol–water partition coefficient (Wildman–Crippen LogP) is 3.80. The molecule has 0 aliphatic carbocycles. The number of alkyl halides is 2. The minimum absolute atomic E-state index is 0.0220. The topological polar surface area (TPSA) is 64.4 Å². The highest BCUT2D eigenvalue weighted by Gasteiger charge is 2.12. The Bertz CT molecular complexity index is 866. The molecule has 0 radical (unpaired) electrons. The third-order valence-electron chi connectivity index (χ3n) is 3.58. The Balaban J connectivity index is 1.58. The van der Waals surface area contributed by atoms with Gasteiger partial charge in [-0.15, -0.1) is 0 Å². The zero-order valence-electron chi connectivity index (χ0n) is 13.7. The maximum atomic E-state index is 12.4. The van der Waals surface area contributed by atoms with E-state index in [0.717, 1.165) is 5.56 Å². The van der Waals surface area contributed by atoms with E-state index >= 15 is 0 Å². The molecule has 1 aromatic heterocycles. The maximum absolute atomic E-state index is 12.4. The van der Waals surface area contributed by atoms with Crippen molar-refractivity contribution in [3.8, 4) is 17.2 Å². The number of ether oxygens (including phenoxy) is 1. The van der Waals surface area contributed by atoms with E-state index in [2.05, 4.69) is 15.0 Å². The molecule has 2 aromatic carbocycles. The lowest BCUT2D eigenvalue weighted by molar-refractivity contribution is -0.120. The molecule has 1 N–H and O–H groups in total. The number of benzene rings is 2. The van der Waals surface area contributed by atoms with E-state index in [9.17, 15) is 13.6 Å². The van der Waals surface area contributed by atoms with Crippen LogP contribution in [-0.4, -0.2) is 17.5 Å². The molecule has 134 valence electrons. The van der Waals surface area contributed by atoms with Gasteiger partial charge in [-0.05, 0) is 18.2 Å². The summed E-state index contributed by atoms with van der Waals surface area (Å²) in [5.74, 6) is 0.171. The number of nitrogens with one attached hydrogen (secondary N) is 1. The molecule has 26 heavy (non-hydrogen) atoms. The molecule has 0 saturated carbocycles. The van der Waals surface area contributed by atoms with Gasteiger partial charge in [0.1, 0.15) is 12.0 Å². The molecule has 0 atom stereocenters. The fourth-order valence-electron chi connectivity index (χ4n) is 2.38. The van der Waals surface area contributed by atoms with Crippen molar-refractivity contribution in [3.05, 3.63) is 72.1 Å². The number of carbonyl (C=O) groups is 1. The average molecular weight is 358 g/mol. The number of rotatable bonds is 7. The van der Waals surface area contributed by atoms with Gasteiger partial charge in [0.05, 0.1) is 12.1 Å². The first-order valence-corrected chi connectivity index (χ1v) is 7.91. The normalized spacial score (nSPS) is 10.7. The fourth-order valence-corrected chi connectivity index (χ4v) is 2.38. The van der Waals surface area contributed by atoms with Gasteiger partial charge in [0, 0.05) is 17.7 Å². The standard InChI is InChI=1S/C19H16F2N2O3/c20-19(21)26-16-9-5-4-8-14(16)11-22-17(24)10-15-12-25-18(23-15)13-6-2-1-3-7-13/h1-9,12,19H,10-11H2,(H,22,24). The number of carbonyl (C=O) groups excluding carboxylic acids is 1. The molecule has 0 aliphatic rings. The van der Waals surface area contributed by atoms with Crippen LogP contribution in [0.1, 0.15) is 11.3 Å². The Morgan fingerprint density at radius 3 is 2.62 bits per heavy atom. The molecule has 0 spiro atoms. The van der Waals surface area contributed by atoms with E-state index < -0.39 is 6.61 Å². The highest BCUT2D eigenvalue weighted by Crippen LogP contribution is 2.20. The van der Waals surface area contributed by atoms with Crippen LogP contribution in [0.2, 0.25) is 0 Å². The van der Waals surface area contributed by atoms with Crippen LogP contribution in [0.15, 0.2) is 65.3 Å². The van der Waals surface area contributed by atoms with E-state index in [4.69, 9.17) is 4.42 Å². The van der Waals surface area contributed by atoms with Crippen molar-refractivity contribution in [1.82, 2.24) is 10.3 Å². The van der Waals surface area contributed by atoms with E-state index in [-0.39, 0.29) is 24.6 Å². The smallest absolute Gasteiger partial charge is 0.387 e. The lowest BCUT2D eigenvalue weighted by atomic mass is 10.2. The van der Waals surface area contributed by atoms with Gasteiger partial charge < -0.3 is 14.5 Å². The first-order valence-electron chi connectivity index (χ1n) is 7.91. The summed E-state index contributed by atoms with van der Waals surface area (Å²) in [5.41, 5.74) is 1.77. The van der Waals surface area contributed by atoms with Gasteiger partial charge in [-0.25, -0.2) is 4.98 Å². The Kier molecular flexibility index (Phi) is 5.58. The van der Waals surface area contributed by atoms with Gasteiger partial charge in [-0.2, -0.15) is 8.78 Å². The molecule has 7 heteroatoms. The summed E-state index contributed by atoms with van der Waals surface area (Å²) in [4.78, 5) is 16.4. The Morgan fingerprint density at radius 2 is 1.85 bits per heavy atom. The summed E-state index contributed by atoms with van der Waals surface area (Å²) >= 11 is 0. The second-order valence-electron chi connectivity index (χ2n) is 5.45. The highest BCUT2D eigenvalue weighted by atomic mass is 19.3. The molecular formula is C19H16F2N2O3. The summed E-state index contributed by atoms with van der Waals surface area (Å²) in [7, 11) is 0. The van der Waals surface area contributed by atoms with Crippen LogP contribution >= 0.6 is 0 Å². The van der Waals surface area contributed by atoms with Crippen LogP contribution < -0.4 is 10.1 Å². The van der Waals surface area contributed by atoms with E-state index in [1.165, 1.54) is 12.3 Å². The molecule has 0 saturated heterocycles. The second kappa shape index (κ2) is 8.24. The number of hydrogen-bond acceptors (Lipinski definition) is 4. The Morgan fingerprint density at radius 1 is 1.12 bits per heavy atom. The van der Waals surface area contributed by atoms with E-state index in [0.29, 0.717) is 17.1 Å². The molecule has 0 bridgehead atoms. The van der Waals surface area contributed by atoms with Crippen LogP contribution in [0, 0.1) is 0 Å². The van der Waals surface area contributed by atoms with Gasteiger partial charge in [0.2, 0.25) is 11.8 Å². The van der Waals surface area contributed by atoms with Crippen molar-refractivity contribution in [2.75, 3.05) is 0 Å². The van der Waals surface area contributed by atoms with Gasteiger partial charge in [0.25, 0.3) is 0 Å². The van der Waals surface area contributed by atoms with Gasteiger partial charge >= 0.3 is 6.61 Å². The quantitative estimate of drug-likeness (QED) is 0.698. The SMILES string of the molecule is O=C(Cc1coc(-c2ccccc2)n1)NCc1ccccc1OC(F)F. The van der Waals surface area contributed by atoms with Gasteiger partial charge in [-0.1, -0.05) is 36.4 Å². The lowest BCUT2D eigenvalue weighted by Crippen LogP contribution is -2.25. The number of para-hydroxylation sites is 1. The lowest BCUT2D eigenvalue weighted by Gasteiger charge is -2.11. The van der Waals surface area contributed by atoms with Crippen molar-refractivity contribution < 1.29 is 22.7 Å². The molecule has 3 aromatic rings. The summed E-state index contributed by atoms with van der Waals surface area (Å²) < 4.78 is 34.6. The van der Waals surface area contributed by atoms with Gasteiger partial charge in [-0.3, -0.25) is 4.79 Å². The molecule has 3 rings (SSSR count). The summed E-state index contributed by atoms with van der Waals surface area (Å²) in [6.07, 6.45) is 1.45. The number of oxazole rings is 1. The maximum Gasteiger partial charge on any atom is 0.387 e. The Hall–Kier alpha value is -3.22. The summed E-state index contributed by atoms with van der Waals surface area (Å²) in [6, 6.07) is 15.6. The first-order chi connectivity index (χ1) is 12.6. The zero-order valence-corrected chi connectivity index (χ0v) is 13.7. The Labute approximate surface area is 148 Å². The number of aromatic nitrogens is 1. The first kappa shape index (κ1) is 17.6. The number of amides is 1. The molecule has 0 fully saturated rings. The zero-order chi connectivity index (χ0) is 18.4. The van der Waals surface area contributed by atoms with Crippen molar-refractivity contribution >= 4 is 5.91 Å². The number of nitrogens with zero attached hydrogens (tertiary/aromatic N) is 1. The van der Waals surface area contributed by atoms with Crippen molar-refractivity contribution in [1.29, 1.82) is 0 Å². The van der Waals surface area contributed by atoms with Crippen molar-refractivity contribution in [2.24, 2.45) is 0 Å². The summed E-state index contributed by atoms with van der Waals surface area (Å²) in [6.45, 7) is -2.84. The monoisotopic (exact) mass is 358 g/mol. The predicted molar refractivity (Wildman–Crippen MR) is 90.6 cm³/mol. The summed E-state index contributed by atoms with van der Waals surface area (Å²) in [5, 5.41) is 2.66. The van der Waals surface area contributed by atoms with Crippen molar-refractivity contribution in [3.63, 3.8) is 0 Å². The van der Waals surface area contributed by atoms with E-state index in [1.54, 1.807) is 18.2 Å². The molecular weight excluding hydrogens is 342 g/mol. The second-order valence-corrected chi connectivity index (χ2v) is 5.45.